The molecule has 0 saturated heterocycles. The van der Waals surface area contributed by atoms with Gasteiger partial charge in [-0.2, -0.15) is 0 Å². The third-order valence-corrected chi connectivity index (χ3v) is 3.26. The molecule has 0 aliphatic rings. The summed E-state index contributed by atoms with van der Waals surface area (Å²) in [6.45, 7) is 4.88. The van der Waals surface area contributed by atoms with Gasteiger partial charge in [-0.15, -0.1) is 0 Å². The number of esters is 1. The number of rotatable bonds is 7. The Balaban J connectivity index is 2.33. The van der Waals surface area contributed by atoms with E-state index in [2.05, 4.69) is 10.6 Å². The van der Waals surface area contributed by atoms with Gasteiger partial charge in [0.1, 0.15) is 12.4 Å². The molecule has 6 nitrogen and oxygen atoms in total. The van der Waals surface area contributed by atoms with Crippen molar-refractivity contribution in [3.8, 4) is 0 Å². The maximum Gasteiger partial charge on any atom is 0.325 e. The number of nitrogens with one attached hydrogen (secondary N) is 2. The third-order valence-electron chi connectivity index (χ3n) is 3.26. The van der Waals surface area contributed by atoms with Crippen LogP contribution in [0.15, 0.2) is 24.3 Å². The number of hydrogen-bond donors (Lipinski definition) is 2. The minimum Gasteiger partial charge on any atom is -0.454 e. The Labute approximate surface area is 134 Å². The van der Waals surface area contributed by atoms with Crippen molar-refractivity contribution in [1.29, 1.82) is 0 Å². The summed E-state index contributed by atoms with van der Waals surface area (Å²) in [5.41, 5.74) is -0.163. The fourth-order valence-electron chi connectivity index (χ4n) is 1.55. The summed E-state index contributed by atoms with van der Waals surface area (Å²) in [6, 6.07) is 5.37. The molecule has 2 N–H and O–H groups in total. The largest absolute Gasteiger partial charge is 0.454 e. The number of carbonyl (C=O) groups is 3. The van der Waals surface area contributed by atoms with E-state index in [1.807, 2.05) is 20.8 Å². The molecular formula is C16H21FN2O4. The summed E-state index contributed by atoms with van der Waals surface area (Å²) in [4.78, 5) is 34.7. The molecule has 7 heteroatoms. The molecule has 23 heavy (non-hydrogen) atoms. The van der Waals surface area contributed by atoms with Crippen LogP contribution in [0.5, 0.6) is 0 Å². The van der Waals surface area contributed by atoms with Crippen LogP contribution in [-0.2, 0) is 14.3 Å². The first kappa shape index (κ1) is 18.6. The van der Waals surface area contributed by atoms with Gasteiger partial charge in [-0.3, -0.25) is 14.4 Å². The summed E-state index contributed by atoms with van der Waals surface area (Å²) in [5, 5.41) is 4.92. The van der Waals surface area contributed by atoms with Gasteiger partial charge in [-0.05, 0) is 25.0 Å². The number of halogens is 1. The van der Waals surface area contributed by atoms with Gasteiger partial charge in [-0.25, -0.2) is 4.39 Å². The lowest BCUT2D eigenvalue weighted by Crippen LogP contribution is -2.39. The van der Waals surface area contributed by atoms with Gasteiger partial charge in [0.2, 0.25) is 0 Å². The predicted molar refractivity (Wildman–Crippen MR) is 82.1 cm³/mol. The fourth-order valence-corrected chi connectivity index (χ4v) is 1.55. The number of hydrogen-bond acceptors (Lipinski definition) is 4. The molecule has 0 aliphatic carbocycles. The lowest BCUT2D eigenvalue weighted by Gasteiger charge is -2.17. The van der Waals surface area contributed by atoms with Crippen molar-refractivity contribution in [2.45, 2.75) is 26.8 Å². The van der Waals surface area contributed by atoms with E-state index >= 15 is 0 Å². The second-order valence-corrected chi connectivity index (χ2v) is 5.42. The second kappa shape index (κ2) is 8.87. The van der Waals surface area contributed by atoms with Crippen molar-refractivity contribution in [3.05, 3.63) is 35.6 Å². The Hall–Kier alpha value is -2.44. The van der Waals surface area contributed by atoms with Crippen molar-refractivity contribution < 1.29 is 23.5 Å². The van der Waals surface area contributed by atoms with Gasteiger partial charge < -0.3 is 15.4 Å². The van der Waals surface area contributed by atoms with Crippen LogP contribution in [-0.4, -0.2) is 37.0 Å². The van der Waals surface area contributed by atoms with Crippen LogP contribution < -0.4 is 10.6 Å². The van der Waals surface area contributed by atoms with E-state index in [4.69, 9.17) is 4.74 Å². The number of amides is 2. The van der Waals surface area contributed by atoms with E-state index in [1.165, 1.54) is 18.2 Å². The van der Waals surface area contributed by atoms with Crippen molar-refractivity contribution >= 4 is 17.8 Å². The quantitative estimate of drug-likeness (QED) is 0.740. The first-order valence-corrected chi connectivity index (χ1v) is 7.29. The highest BCUT2D eigenvalue weighted by Crippen LogP contribution is 2.05. The standard InChI is InChI=1S/C16H21FN2O4/c1-10(2)11(3)19-14(20)9-23-15(21)8-18-16(22)12-6-4-5-7-13(12)17/h4-7,10-11H,8-9H2,1-3H3,(H,18,22)(H,19,20)/t11-/m1/s1. The molecule has 0 unspecified atom stereocenters. The number of benzene rings is 1. The highest BCUT2D eigenvalue weighted by molar-refractivity contribution is 5.96. The third kappa shape index (κ3) is 6.46. The minimum absolute atomic E-state index is 0.0399. The van der Waals surface area contributed by atoms with Crippen LogP contribution in [0.2, 0.25) is 0 Å². The molecule has 0 saturated carbocycles. The first-order chi connectivity index (χ1) is 10.8. The van der Waals surface area contributed by atoms with Gasteiger partial charge >= 0.3 is 5.97 Å². The maximum atomic E-state index is 13.4. The van der Waals surface area contributed by atoms with E-state index in [9.17, 15) is 18.8 Å². The van der Waals surface area contributed by atoms with Crippen LogP contribution in [0, 0.1) is 11.7 Å². The van der Waals surface area contributed by atoms with Crippen LogP contribution in [0.4, 0.5) is 4.39 Å². The molecule has 0 radical (unpaired) electrons. The Morgan fingerprint density at radius 3 is 2.43 bits per heavy atom. The first-order valence-electron chi connectivity index (χ1n) is 7.29. The van der Waals surface area contributed by atoms with Gasteiger partial charge in [0.15, 0.2) is 6.61 Å². The minimum atomic E-state index is -0.776. The fraction of sp³-hybridized carbons (Fsp3) is 0.438. The van der Waals surface area contributed by atoms with Gasteiger partial charge in [0.25, 0.3) is 11.8 Å². The number of ether oxygens (including phenoxy) is 1. The van der Waals surface area contributed by atoms with Gasteiger partial charge in [0, 0.05) is 6.04 Å². The van der Waals surface area contributed by atoms with Crippen LogP contribution >= 0.6 is 0 Å². The molecule has 1 aromatic rings. The summed E-state index contributed by atoms with van der Waals surface area (Å²) >= 11 is 0. The average molecular weight is 324 g/mol. The SMILES string of the molecule is CC(C)[C@@H](C)NC(=O)COC(=O)CNC(=O)c1ccccc1F. The Kier molecular flexibility index (Phi) is 7.18. The van der Waals surface area contributed by atoms with Crippen molar-refractivity contribution in [3.63, 3.8) is 0 Å². The molecule has 2 amide bonds. The summed E-state index contributed by atoms with van der Waals surface area (Å²) in [6.07, 6.45) is 0. The second-order valence-electron chi connectivity index (χ2n) is 5.42. The molecule has 1 atom stereocenters. The molecule has 0 heterocycles. The highest BCUT2D eigenvalue weighted by atomic mass is 19.1. The molecule has 0 aromatic heterocycles. The van der Waals surface area contributed by atoms with Gasteiger partial charge in [-0.1, -0.05) is 26.0 Å². The molecule has 0 bridgehead atoms. The predicted octanol–water partition coefficient (Wildman–Crippen LogP) is 1.26. The molecule has 126 valence electrons. The van der Waals surface area contributed by atoms with E-state index in [-0.39, 0.29) is 17.5 Å². The van der Waals surface area contributed by atoms with Crippen LogP contribution in [0.3, 0.4) is 0 Å². The van der Waals surface area contributed by atoms with Crippen molar-refractivity contribution in [1.82, 2.24) is 10.6 Å². The topological polar surface area (TPSA) is 84.5 Å². The zero-order valence-corrected chi connectivity index (χ0v) is 13.4. The highest BCUT2D eigenvalue weighted by Gasteiger charge is 2.15. The van der Waals surface area contributed by atoms with Crippen LogP contribution in [0.25, 0.3) is 0 Å². The zero-order valence-electron chi connectivity index (χ0n) is 13.4. The van der Waals surface area contributed by atoms with Crippen molar-refractivity contribution in [2.24, 2.45) is 5.92 Å². The van der Waals surface area contributed by atoms with Gasteiger partial charge in [0.05, 0.1) is 5.56 Å². The monoisotopic (exact) mass is 324 g/mol. The normalized spacial score (nSPS) is 11.7. The average Bonchev–Trinajstić information content (AvgIpc) is 2.50. The maximum absolute atomic E-state index is 13.4. The van der Waals surface area contributed by atoms with E-state index in [1.54, 1.807) is 0 Å². The Bertz CT molecular complexity index is 575. The molecule has 0 fully saturated rings. The smallest absolute Gasteiger partial charge is 0.325 e. The molecule has 0 aliphatic heterocycles. The lowest BCUT2D eigenvalue weighted by atomic mass is 10.1. The Morgan fingerprint density at radius 1 is 1.17 bits per heavy atom. The summed E-state index contributed by atoms with van der Waals surface area (Å²) in [7, 11) is 0. The molecule has 1 rings (SSSR count). The number of carbonyl (C=O) groups excluding carboxylic acids is 3. The molecule has 1 aromatic carbocycles. The van der Waals surface area contributed by atoms with Crippen molar-refractivity contribution in [2.75, 3.05) is 13.2 Å². The Morgan fingerprint density at radius 2 is 1.83 bits per heavy atom. The molecule has 0 spiro atoms. The summed E-state index contributed by atoms with van der Waals surface area (Å²) in [5.74, 6) is -2.34. The summed E-state index contributed by atoms with van der Waals surface area (Å²) < 4.78 is 18.1. The van der Waals surface area contributed by atoms with E-state index in [0.29, 0.717) is 0 Å². The van der Waals surface area contributed by atoms with E-state index in [0.717, 1.165) is 6.07 Å². The van der Waals surface area contributed by atoms with E-state index < -0.39 is 36.8 Å². The lowest BCUT2D eigenvalue weighted by molar-refractivity contribution is -0.147. The zero-order chi connectivity index (χ0) is 17.4. The molecular weight excluding hydrogens is 303 g/mol. The van der Waals surface area contributed by atoms with Crippen LogP contribution in [0.1, 0.15) is 31.1 Å².